The van der Waals surface area contributed by atoms with E-state index >= 15 is 0 Å². The Labute approximate surface area is 112 Å². The van der Waals surface area contributed by atoms with Gasteiger partial charge in [0.2, 0.25) is 0 Å². The number of benzene rings is 2. The van der Waals surface area contributed by atoms with Crippen LogP contribution in [-0.2, 0) is 0 Å². The molecule has 0 aliphatic heterocycles. The molecular formula is C17H14N2. The summed E-state index contributed by atoms with van der Waals surface area (Å²) in [4.78, 5) is 9.07. The molecule has 3 rings (SSSR count). The molecule has 0 aliphatic carbocycles. The first-order valence-electron chi connectivity index (χ1n) is 6.28. The number of nitrogens with zero attached hydrogens (tertiary/aromatic N) is 2. The summed E-state index contributed by atoms with van der Waals surface area (Å²) >= 11 is 0. The normalized spacial score (nSPS) is 11.2. The van der Waals surface area contributed by atoms with Crippen molar-refractivity contribution in [2.24, 2.45) is 4.99 Å². The van der Waals surface area contributed by atoms with Crippen LogP contribution in [-0.4, -0.2) is 11.2 Å². The van der Waals surface area contributed by atoms with Crippen molar-refractivity contribution < 1.29 is 0 Å². The van der Waals surface area contributed by atoms with Crippen LogP contribution < -0.4 is 0 Å². The lowest BCUT2D eigenvalue weighted by Crippen LogP contribution is -1.88. The molecular weight excluding hydrogens is 232 g/mol. The molecule has 0 spiro atoms. The smallest absolute Gasteiger partial charge is 0.0820 e. The SMILES string of the molecule is Cc1ccccc1N=Cc1ccc2ccccc2n1. The first kappa shape index (κ1) is 11.6. The summed E-state index contributed by atoms with van der Waals surface area (Å²) in [6, 6.07) is 20.2. The van der Waals surface area contributed by atoms with E-state index in [1.807, 2.05) is 48.7 Å². The number of para-hydroxylation sites is 2. The maximum atomic E-state index is 4.57. The van der Waals surface area contributed by atoms with Gasteiger partial charge >= 0.3 is 0 Å². The zero-order valence-corrected chi connectivity index (χ0v) is 10.7. The minimum atomic E-state index is 0.877. The summed E-state index contributed by atoms with van der Waals surface area (Å²) in [6.07, 6.45) is 1.81. The Morgan fingerprint density at radius 2 is 1.68 bits per heavy atom. The molecule has 0 amide bonds. The highest BCUT2D eigenvalue weighted by Gasteiger charge is 1.96. The van der Waals surface area contributed by atoms with Gasteiger partial charge in [-0.3, -0.25) is 4.99 Å². The van der Waals surface area contributed by atoms with E-state index in [4.69, 9.17) is 0 Å². The molecule has 0 saturated heterocycles. The second-order valence-electron chi connectivity index (χ2n) is 4.47. The van der Waals surface area contributed by atoms with Crippen LogP contribution in [0.2, 0.25) is 0 Å². The van der Waals surface area contributed by atoms with Crippen LogP contribution in [0.1, 0.15) is 11.3 Å². The van der Waals surface area contributed by atoms with Crippen molar-refractivity contribution in [2.45, 2.75) is 6.92 Å². The van der Waals surface area contributed by atoms with Crippen LogP contribution >= 0.6 is 0 Å². The lowest BCUT2D eigenvalue weighted by atomic mass is 10.2. The molecule has 1 aromatic heterocycles. The van der Waals surface area contributed by atoms with Gasteiger partial charge in [0.1, 0.15) is 0 Å². The van der Waals surface area contributed by atoms with Gasteiger partial charge in [0.25, 0.3) is 0 Å². The van der Waals surface area contributed by atoms with E-state index in [1.54, 1.807) is 0 Å². The van der Waals surface area contributed by atoms with E-state index in [-0.39, 0.29) is 0 Å². The minimum absolute atomic E-state index is 0.877. The summed E-state index contributed by atoms with van der Waals surface area (Å²) in [6.45, 7) is 2.06. The van der Waals surface area contributed by atoms with Gasteiger partial charge in [0.15, 0.2) is 0 Å². The van der Waals surface area contributed by atoms with Gasteiger partial charge in [0, 0.05) is 5.39 Å². The number of aryl methyl sites for hydroxylation is 1. The molecule has 92 valence electrons. The number of hydrogen-bond acceptors (Lipinski definition) is 2. The third kappa shape index (κ3) is 2.52. The second-order valence-corrected chi connectivity index (χ2v) is 4.47. The zero-order chi connectivity index (χ0) is 13.1. The Hall–Kier alpha value is -2.48. The summed E-state index contributed by atoms with van der Waals surface area (Å²) in [5, 5.41) is 1.15. The van der Waals surface area contributed by atoms with Crippen LogP contribution in [0.5, 0.6) is 0 Å². The molecule has 3 aromatic rings. The molecule has 0 bridgehead atoms. The van der Waals surface area contributed by atoms with Crippen molar-refractivity contribution >= 4 is 22.8 Å². The highest BCUT2D eigenvalue weighted by Crippen LogP contribution is 2.17. The van der Waals surface area contributed by atoms with E-state index < -0.39 is 0 Å². The van der Waals surface area contributed by atoms with Gasteiger partial charge in [-0.1, -0.05) is 42.5 Å². The van der Waals surface area contributed by atoms with Gasteiger partial charge < -0.3 is 0 Å². The predicted molar refractivity (Wildman–Crippen MR) is 80.2 cm³/mol. The van der Waals surface area contributed by atoms with E-state index in [0.29, 0.717) is 0 Å². The van der Waals surface area contributed by atoms with E-state index in [2.05, 4.69) is 35.1 Å². The van der Waals surface area contributed by atoms with Crippen molar-refractivity contribution in [3.8, 4) is 0 Å². The average molecular weight is 246 g/mol. The lowest BCUT2D eigenvalue weighted by molar-refractivity contribution is 1.36. The summed E-state index contributed by atoms with van der Waals surface area (Å²) in [7, 11) is 0. The van der Waals surface area contributed by atoms with Crippen LogP contribution in [0.15, 0.2) is 65.7 Å². The van der Waals surface area contributed by atoms with Crippen molar-refractivity contribution in [2.75, 3.05) is 0 Å². The fourth-order valence-electron chi connectivity index (χ4n) is 2.00. The molecule has 0 saturated carbocycles. The lowest BCUT2D eigenvalue weighted by Gasteiger charge is -2.00. The topological polar surface area (TPSA) is 25.2 Å². The minimum Gasteiger partial charge on any atom is -0.254 e. The van der Waals surface area contributed by atoms with Crippen LogP contribution in [0, 0.1) is 6.92 Å². The highest BCUT2D eigenvalue weighted by molar-refractivity contribution is 5.86. The molecule has 0 unspecified atom stereocenters. The quantitative estimate of drug-likeness (QED) is 0.619. The molecule has 0 fully saturated rings. The summed E-state index contributed by atoms with van der Waals surface area (Å²) in [5.74, 6) is 0. The fourth-order valence-corrected chi connectivity index (χ4v) is 2.00. The Kier molecular flexibility index (Phi) is 3.07. The van der Waals surface area contributed by atoms with Crippen molar-refractivity contribution in [3.63, 3.8) is 0 Å². The maximum Gasteiger partial charge on any atom is 0.0820 e. The molecule has 0 radical (unpaired) electrons. The molecule has 2 aromatic carbocycles. The zero-order valence-electron chi connectivity index (χ0n) is 10.7. The number of aliphatic imine (C=N–C) groups is 1. The summed E-state index contributed by atoms with van der Waals surface area (Å²) in [5.41, 5.74) is 4.02. The number of aromatic nitrogens is 1. The number of hydrogen-bond donors (Lipinski definition) is 0. The average Bonchev–Trinajstić information content (AvgIpc) is 2.46. The van der Waals surface area contributed by atoms with Gasteiger partial charge in [0.05, 0.1) is 23.1 Å². The van der Waals surface area contributed by atoms with Gasteiger partial charge in [-0.15, -0.1) is 0 Å². The Bertz CT molecular complexity index is 745. The molecule has 2 heteroatoms. The highest BCUT2D eigenvalue weighted by atomic mass is 14.8. The molecule has 1 heterocycles. The van der Waals surface area contributed by atoms with E-state index in [9.17, 15) is 0 Å². The van der Waals surface area contributed by atoms with Gasteiger partial charge in [-0.2, -0.15) is 0 Å². The van der Waals surface area contributed by atoms with E-state index in [1.165, 1.54) is 5.56 Å². The number of pyridine rings is 1. The van der Waals surface area contributed by atoms with E-state index in [0.717, 1.165) is 22.3 Å². The number of fused-ring (bicyclic) bond motifs is 1. The Morgan fingerprint density at radius 3 is 2.58 bits per heavy atom. The molecule has 0 atom stereocenters. The monoisotopic (exact) mass is 246 g/mol. The van der Waals surface area contributed by atoms with Crippen molar-refractivity contribution in [1.29, 1.82) is 0 Å². The predicted octanol–water partition coefficient (Wildman–Crippen LogP) is 4.29. The Balaban J connectivity index is 1.95. The molecule has 0 N–H and O–H groups in total. The summed E-state index contributed by atoms with van der Waals surface area (Å²) < 4.78 is 0. The van der Waals surface area contributed by atoms with Crippen molar-refractivity contribution in [3.05, 3.63) is 71.9 Å². The molecule has 2 nitrogen and oxygen atoms in total. The maximum absolute atomic E-state index is 4.57. The molecule has 0 aliphatic rings. The second kappa shape index (κ2) is 5.02. The Morgan fingerprint density at radius 1 is 0.895 bits per heavy atom. The van der Waals surface area contributed by atoms with Gasteiger partial charge in [-0.05, 0) is 30.7 Å². The van der Waals surface area contributed by atoms with Crippen LogP contribution in [0.3, 0.4) is 0 Å². The van der Waals surface area contributed by atoms with Gasteiger partial charge in [-0.25, -0.2) is 4.98 Å². The first-order valence-corrected chi connectivity index (χ1v) is 6.28. The van der Waals surface area contributed by atoms with Crippen molar-refractivity contribution in [1.82, 2.24) is 4.98 Å². The third-order valence-electron chi connectivity index (χ3n) is 3.07. The molecule has 19 heavy (non-hydrogen) atoms. The standard InChI is InChI=1S/C17H14N2/c1-13-6-2-4-8-16(13)18-12-15-11-10-14-7-3-5-9-17(14)19-15/h2-12H,1H3. The largest absolute Gasteiger partial charge is 0.254 e. The number of rotatable bonds is 2. The van der Waals surface area contributed by atoms with Crippen LogP contribution in [0.25, 0.3) is 10.9 Å². The first-order chi connectivity index (χ1) is 9.33. The third-order valence-corrected chi connectivity index (χ3v) is 3.07. The van der Waals surface area contributed by atoms with Crippen LogP contribution in [0.4, 0.5) is 5.69 Å². The fraction of sp³-hybridized carbons (Fsp3) is 0.0588.